The van der Waals surface area contributed by atoms with Crippen molar-refractivity contribution >= 4 is 11.8 Å². The van der Waals surface area contributed by atoms with Gasteiger partial charge >= 0.3 is 0 Å². The molecule has 5 nitrogen and oxygen atoms in total. The molecule has 5 heteroatoms. The Bertz CT molecular complexity index is 369. The van der Waals surface area contributed by atoms with Crippen molar-refractivity contribution in [3.63, 3.8) is 0 Å². The van der Waals surface area contributed by atoms with E-state index in [4.69, 9.17) is 0 Å². The number of hydrogen-bond donors (Lipinski definition) is 2. The number of aliphatic hydroxyl groups excluding tert-OH is 1. The van der Waals surface area contributed by atoms with Crippen molar-refractivity contribution < 1.29 is 14.7 Å². The molecule has 0 radical (unpaired) electrons. The minimum absolute atomic E-state index is 0.0391. The largest absolute Gasteiger partial charge is 0.389 e. The number of carbonyl (C=O) groups excluding carboxylic acids is 2. The lowest BCUT2D eigenvalue weighted by Crippen LogP contribution is -2.43. The van der Waals surface area contributed by atoms with Crippen LogP contribution in [-0.4, -0.2) is 48.1 Å². The first-order valence-corrected chi connectivity index (χ1v) is 8.75. The molecule has 2 N–H and O–H groups in total. The molecule has 23 heavy (non-hydrogen) atoms. The number of carbonyl (C=O) groups is 2. The molecule has 0 saturated heterocycles. The van der Waals surface area contributed by atoms with Gasteiger partial charge in [0.1, 0.15) is 0 Å². The van der Waals surface area contributed by atoms with Crippen molar-refractivity contribution in [2.24, 2.45) is 23.7 Å². The van der Waals surface area contributed by atoms with Gasteiger partial charge in [0.15, 0.2) is 0 Å². The van der Waals surface area contributed by atoms with Gasteiger partial charge in [-0.3, -0.25) is 9.59 Å². The van der Waals surface area contributed by atoms with Gasteiger partial charge in [0.05, 0.1) is 6.10 Å². The average Bonchev–Trinajstić information content (AvgIpc) is 2.42. The Hall–Kier alpha value is -1.10. The molecule has 0 rings (SSSR count). The zero-order valence-corrected chi connectivity index (χ0v) is 15.9. The number of aliphatic hydroxyl groups is 1. The van der Waals surface area contributed by atoms with Crippen LogP contribution in [0.25, 0.3) is 0 Å². The summed E-state index contributed by atoms with van der Waals surface area (Å²) < 4.78 is 0. The van der Waals surface area contributed by atoms with E-state index < -0.39 is 6.10 Å². The molecule has 3 atom stereocenters. The van der Waals surface area contributed by atoms with Crippen LogP contribution in [0.15, 0.2) is 0 Å². The maximum absolute atomic E-state index is 12.2. The fourth-order valence-corrected chi connectivity index (χ4v) is 2.86. The Morgan fingerprint density at radius 2 is 1.43 bits per heavy atom. The summed E-state index contributed by atoms with van der Waals surface area (Å²) in [6.07, 6.45) is 0.917. The highest BCUT2D eigenvalue weighted by Gasteiger charge is 2.21. The van der Waals surface area contributed by atoms with E-state index in [1.165, 1.54) is 0 Å². The van der Waals surface area contributed by atoms with Crippen molar-refractivity contribution in [2.45, 2.75) is 60.5 Å². The fourth-order valence-electron chi connectivity index (χ4n) is 2.86. The van der Waals surface area contributed by atoms with Gasteiger partial charge in [-0.1, -0.05) is 41.5 Å². The minimum atomic E-state index is -0.745. The fraction of sp³-hybridized carbons (Fsp3) is 0.889. The second-order valence-electron chi connectivity index (χ2n) is 7.68. The summed E-state index contributed by atoms with van der Waals surface area (Å²) in [7, 11) is 1.70. The number of hydrogen-bond acceptors (Lipinski definition) is 3. The van der Waals surface area contributed by atoms with Crippen molar-refractivity contribution in [1.29, 1.82) is 0 Å². The SMILES string of the molecule is CC(C)C[C@H](C)C(=O)NCC(O)CN(C)C(=O)[C@@H](C)CC(C)C. The lowest BCUT2D eigenvalue weighted by atomic mass is 9.97. The highest BCUT2D eigenvalue weighted by atomic mass is 16.3. The van der Waals surface area contributed by atoms with Crippen LogP contribution in [-0.2, 0) is 9.59 Å². The Morgan fingerprint density at radius 1 is 0.957 bits per heavy atom. The first-order chi connectivity index (χ1) is 10.5. The van der Waals surface area contributed by atoms with E-state index in [2.05, 4.69) is 33.0 Å². The third-order valence-corrected chi connectivity index (χ3v) is 3.89. The molecular formula is C18H36N2O3. The zero-order valence-electron chi connectivity index (χ0n) is 15.9. The summed E-state index contributed by atoms with van der Waals surface area (Å²) >= 11 is 0. The van der Waals surface area contributed by atoms with Gasteiger partial charge in [-0.15, -0.1) is 0 Å². The lowest BCUT2D eigenvalue weighted by Gasteiger charge is -2.25. The molecule has 0 aliphatic rings. The van der Waals surface area contributed by atoms with Gasteiger partial charge < -0.3 is 15.3 Å². The maximum Gasteiger partial charge on any atom is 0.225 e. The number of rotatable bonds is 10. The Kier molecular flexibility index (Phi) is 10.1. The van der Waals surface area contributed by atoms with Crippen molar-refractivity contribution in [3.8, 4) is 0 Å². The highest BCUT2D eigenvalue weighted by Crippen LogP contribution is 2.13. The maximum atomic E-state index is 12.2. The van der Waals surface area contributed by atoms with Crippen molar-refractivity contribution in [2.75, 3.05) is 20.1 Å². The summed E-state index contributed by atoms with van der Waals surface area (Å²) in [4.78, 5) is 25.7. The number of nitrogens with zero attached hydrogens (tertiary/aromatic N) is 1. The van der Waals surface area contributed by atoms with E-state index in [1.54, 1.807) is 11.9 Å². The van der Waals surface area contributed by atoms with E-state index in [-0.39, 0.29) is 36.7 Å². The second kappa shape index (κ2) is 10.6. The first-order valence-electron chi connectivity index (χ1n) is 8.75. The molecule has 0 aliphatic carbocycles. The Balaban J connectivity index is 4.20. The lowest BCUT2D eigenvalue weighted by molar-refractivity contribution is -0.135. The van der Waals surface area contributed by atoms with Crippen LogP contribution in [0.5, 0.6) is 0 Å². The molecule has 0 bridgehead atoms. The Morgan fingerprint density at radius 3 is 1.91 bits per heavy atom. The normalized spacial score (nSPS) is 15.4. The highest BCUT2D eigenvalue weighted by molar-refractivity contribution is 5.79. The van der Waals surface area contributed by atoms with Crippen LogP contribution in [0, 0.1) is 23.7 Å². The number of nitrogens with one attached hydrogen (secondary N) is 1. The van der Waals surface area contributed by atoms with Gasteiger partial charge in [0, 0.05) is 32.0 Å². The van der Waals surface area contributed by atoms with E-state index >= 15 is 0 Å². The van der Waals surface area contributed by atoms with Crippen LogP contribution in [0.3, 0.4) is 0 Å². The number of likely N-dealkylation sites (N-methyl/N-ethyl adjacent to an activating group) is 1. The molecule has 136 valence electrons. The van der Waals surface area contributed by atoms with Crippen LogP contribution < -0.4 is 5.32 Å². The smallest absolute Gasteiger partial charge is 0.225 e. The molecule has 0 fully saturated rings. The van der Waals surface area contributed by atoms with Crippen LogP contribution in [0.4, 0.5) is 0 Å². The molecule has 2 amide bonds. The Labute approximate surface area is 141 Å². The third kappa shape index (κ3) is 9.59. The van der Waals surface area contributed by atoms with Gasteiger partial charge in [0.25, 0.3) is 0 Å². The third-order valence-electron chi connectivity index (χ3n) is 3.89. The van der Waals surface area contributed by atoms with Crippen molar-refractivity contribution in [3.05, 3.63) is 0 Å². The van der Waals surface area contributed by atoms with Crippen molar-refractivity contribution in [1.82, 2.24) is 10.2 Å². The molecule has 0 aromatic heterocycles. The van der Waals surface area contributed by atoms with Gasteiger partial charge in [-0.05, 0) is 24.7 Å². The zero-order chi connectivity index (χ0) is 18.2. The van der Waals surface area contributed by atoms with E-state index in [1.807, 2.05) is 13.8 Å². The van der Waals surface area contributed by atoms with E-state index in [9.17, 15) is 14.7 Å². The minimum Gasteiger partial charge on any atom is -0.389 e. The predicted molar refractivity (Wildman–Crippen MR) is 93.9 cm³/mol. The molecule has 1 unspecified atom stereocenters. The molecule has 0 aliphatic heterocycles. The topological polar surface area (TPSA) is 69.6 Å². The second-order valence-corrected chi connectivity index (χ2v) is 7.68. The summed E-state index contributed by atoms with van der Waals surface area (Å²) in [6.45, 7) is 12.6. The predicted octanol–water partition coefficient (Wildman–Crippen LogP) is 2.29. The molecule has 0 saturated carbocycles. The summed E-state index contributed by atoms with van der Waals surface area (Å²) in [5.41, 5.74) is 0. The number of amides is 2. The summed E-state index contributed by atoms with van der Waals surface area (Å²) in [5.74, 6) is 0.818. The molecule has 0 aromatic rings. The monoisotopic (exact) mass is 328 g/mol. The van der Waals surface area contributed by atoms with Gasteiger partial charge in [-0.25, -0.2) is 0 Å². The molecule has 0 aromatic carbocycles. The van der Waals surface area contributed by atoms with E-state index in [0.29, 0.717) is 11.8 Å². The van der Waals surface area contributed by atoms with Gasteiger partial charge in [-0.2, -0.15) is 0 Å². The van der Waals surface area contributed by atoms with Crippen LogP contribution in [0.1, 0.15) is 54.4 Å². The quantitative estimate of drug-likeness (QED) is 0.646. The van der Waals surface area contributed by atoms with Crippen LogP contribution in [0.2, 0.25) is 0 Å². The van der Waals surface area contributed by atoms with Gasteiger partial charge in [0.2, 0.25) is 11.8 Å². The molecule has 0 heterocycles. The first kappa shape index (κ1) is 21.9. The van der Waals surface area contributed by atoms with E-state index in [0.717, 1.165) is 12.8 Å². The van der Waals surface area contributed by atoms with Crippen LogP contribution >= 0.6 is 0 Å². The summed E-state index contributed by atoms with van der Waals surface area (Å²) in [6, 6.07) is 0. The summed E-state index contributed by atoms with van der Waals surface area (Å²) in [5, 5.41) is 12.8. The standard InChI is InChI=1S/C18H36N2O3/c1-12(2)8-14(5)17(22)19-10-16(21)11-20(7)18(23)15(6)9-13(3)4/h12-16,21H,8-11H2,1-7H3,(H,19,22)/t14-,15-,16?/m0/s1. The molecule has 0 spiro atoms. The molecular weight excluding hydrogens is 292 g/mol. The average molecular weight is 328 g/mol.